The van der Waals surface area contributed by atoms with E-state index in [0.29, 0.717) is 12.4 Å². The predicted octanol–water partition coefficient (Wildman–Crippen LogP) is 1.10. The molecule has 0 aromatic carbocycles. The van der Waals surface area contributed by atoms with E-state index in [2.05, 4.69) is 15.3 Å². The Balaban J connectivity index is 1.79. The number of pyridine rings is 2. The lowest BCUT2D eigenvalue weighted by Crippen LogP contribution is -2.46. The van der Waals surface area contributed by atoms with Crippen molar-refractivity contribution in [2.24, 2.45) is 11.7 Å². The molecule has 146 valence electrons. The number of nitrogen functional groups attached to an aromatic ring is 1. The number of hydrogen-bond acceptors (Lipinski definition) is 6. The smallest absolute Gasteiger partial charge is 0.313 e. The summed E-state index contributed by atoms with van der Waals surface area (Å²) in [7, 11) is 0. The second-order valence-corrected chi connectivity index (χ2v) is 6.95. The summed E-state index contributed by atoms with van der Waals surface area (Å²) in [6, 6.07) is 4.62. The minimum atomic E-state index is -0.800. The molecule has 1 aliphatic rings. The molecule has 3 amide bonds. The molecule has 2 aromatic rings. The van der Waals surface area contributed by atoms with E-state index in [9.17, 15) is 14.4 Å². The van der Waals surface area contributed by atoms with Crippen LogP contribution in [0.5, 0.6) is 0 Å². The first-order chi connectivity index (χ1) is 13.3. The zero-order valence-electron chi connectivity index (χ0n) is 15.5. The van der Waals surface area contributed by atoms with Crippen LogP contribution in [0.25, 0.3) is 0 Å². The van der Waals surface area contributed by atoms with Crippen molar-refractivity contribution in [1.82, 2.24) is 14.9 Å². The van der Waals surface area contributed by atoms with E-state index in [1.165, 1.54) is 18.5 Å². The Morgan fingerprint density at radius 1 is 1.18 bits per heavy atom. The average molecular weight is 382 g/mol. The first-order valence-corrected chi connectivity index (χ1v) is 8.93. The van der Waals surface area contributed by atoms with E-state index < -0.39 is 17.7 Å². The van der Waals surface area contributed by atoms with Gasteiger partial charge in [0.25, 0.3) is 0 Å². The van der Waals surface area contributed by atoms with Crippen LogP contribution in [0.4, 0.5) is 11.5 Å². The number of hydrogen-bond donors (Lipinski definition) is 3. The van der Waals surface area contributed by atoms with Crippen molar-refractivity contribution in [2.75, 3.05) is 17.6 Å². The number of nitrogens with zero attached hydrogens (tertiary/aromatic N) is 3. The number of primary amides is 1. The van der Waals surface area contributed by atoms with Crippen LogP contribution in [-0.4, -0.2) is 39.1 Å². The van der Waals surface area contributed by atoms with Gasteiger partial charge in [-0.3, -0.25) is 19.4 Å². The highest BCUT2D eigenvalue weighted by atomic mass is 16.2. The van der Waals surface area contributed by atoms with Gasteiger partial charge in [0, 0.05) is 18.9 Å². The van der Waals surface area contributed by atoms with Gasteiger partial charge in [0.2, 0.25) is 5.91 Å². The molecule has 3 rings (SSSR count). The van der Waals surface area contributed by atoms with Crippen molar-refractivity contribution in [3.63, 3.8) is 0 Å². The predicted molar refractivity (Wildman–Crippen MR) is 103 cm³/mol. The highest BCUT2D eigenvalue weighted by molar-refractivity contribution is 6.39. The topological polar surface area (TPSA) is 144 Å². The standard InChI is InChI=1S/C19H22N6O3/c1-11-2-4-15(12-3-5-16(20)23-8-12)25(10-11)19(28)18(27)24-14-6-13(17(21)26)7-22-9-14/h3,5-9,11,15H,2,4,10H2,1H3,(H2,20,23)(H2,21,26)(H,24,27)/t11-,15+/m1/s1. The number of rotatable bonds is 3. The SMILES string of the molecule is C[C@@H]1CC[C@@H](c2ccc(N)nc2)N(C(=O)C(=O)Nc2cncc(C(N)=O)c2)C1. The molecule has 2 atom stereocenters. The molecule has 1 saturated heterocycles. The van der Waals surface area contributed by atoms with Gasteiger partial charge in [-0.15, -0.1) is 0 Å². The quantitative estimate of drug-likeness (QED) is 0.678. The van der Waals surface area contributed by atoms with Gasteiger partial charge in [-0.2, -0.15) is 0 Å². The molecule has 0 radical (unpaired) electrons. The third-order valence-electron chi connectivity index (χ3n) is 4.75. The van der Waals surface area contributed by atoms with Crippen molar-refractivity contribution >= 4 is 29.2 Å². The first-order valence-electron chi connectivity index (χ1n) is 8.93. The van der Waals surface area contributed by atoms with Crippen LogP contribution in [0.15, 0.2) is 36.8 Å². The van der Waals surface area contributed by atoms with Crippen LogP contribution in [-0.2, 0) is 9.59 Å². The lowest BCUT2D eigenvalue weighted by atomic mass is 9.90. The summed E-state index contributed by atoms with van der Waals surface area (Å²) >= 11 is 0. The van der Waals surface area contributed by atoms with Crippen molar-refractivity contribution in [3.8, 4) is 0 Å². The maximum atomic E-state index is 12.9. The molecule has 2 aromatic heterocycles. The number of nitrogens with one attached hydrogen (secondary N) is 1. The number of piperidine rings is 1. The molecule has 1 aliphatic heterocycles. The minimum Gasteiger partial charge on any atom is -0.384 e. The Morgan fingerprint density at radius 3 is 2.64 bits per heavy atom. The van der Waals surface area contributed by atoms with Crippen molar-refractivity contribution in [1.29, 1.82) is 0 Å². The maximum absolute atomic E-state index is 12.9. The highest BCUT2D eigenvalue weighted by Crippen LogP contribution is 2.33. The number of amides is 3. The number of likely N-dealkylation sites (tertiary alicyclic amines) is 1. The third-order valence-corrected chi connectivity index (χ3v) is 4.75. The zero-order chi connectivity index (χ0) is 20.3. The maximum Gasteiger partial charge on any atom is 0.313 e. The van der Waals surface area contributed by atoms with Crippen LogP contribution in [0, 0.1) is 5.92 Å². The van der Waals surface area contributed by atoms with Crippen LogP contribution in [0.3, 0.4) is 0 Å². The molecule has 9 nitrogen and oxygen atoms in total. The fourth-order valence-electron chi connectivity index (χ4n) is 3.30. The van der Waals surface area contributed by atoms with Gasteiger partial charge in [0.15, 0.2) is 0 Å². The summed E-state index contributed by atoms with van der Waals surface area (Å²) in [6.45, 7) is 2.50. The van der Waals surface area contributed by atoms with Gasteiger partial charge in [-0.1, -0.05) is 13.0 Å². The lowest BCUT2D eigenvalue weighted by molar-refractivity contribution is -0.146. The fraction of sp³-hybridized carbons (Fsp3) is 0.316. The number of carbonyl (C=O) groups is 3. The zero-order valence-corrected chi connectivity index (χ0v) is 15.5. The Morgan fingerprint density at radius 2 is 1.96 bits per heavy atom. The molecule has 5 N–H and O–H groups in total. The Bertz CT molecular complexity index is 899. The molecule has 0 spiro atoms. The van der Waals surface area contributed by atoms with E-state index in [4.69, 9.17) is 11.5 Å². The van der Waals surface area contributed by atoms with E-state index >= 15 is 0 Å². The minimum absolute atomic E-state index is 0.141. The molecular formula is C19H22N6O3. The molecule has 0 unspecified atom stereocenters. The van der Waals surface area contributed by atoms with Crippen LogP contribution < -0.4 is 16.8 Å². The van der Waals surface area contributed by atoms with Crippen LogP contribution in [0.2, 0.25) is 0 Å². The fourth-order valence-corrected chi connectivity index (χ4v) is 3.30. The largest absolute Gasteiger partial charge is 0.384 e. The molecule has 0 bridgehead atoms. The molecule has 1 fully saturated rings. The van der Waals surface area contributed by atoms with E-state index in [0.717, 1.165) is 18.4 Å². The van der Waals surface area contributed by atoms with Gasteiger partial charge in [0.05, 0.1) is 23.5 Å². The average Bonchev–Trinajstić information content (AvgIpc) is 2.68. The Kier molecular flexibility index (Phi) is 5.53. The van der Waals surface area contributed by atoms with Gasteiger partial charge in [0.1, 0.15) is 5.82 Å². The van der Waals surface area contributed by atoms with Gasteiger partial charge >= 0.3 is 11.8 Å². The summed E-state index contributed by atoms with van der Waals surface area (Å²) < 4.78 is 0. The number of nitrogens with two attached hydrogens (primary N) is 2. The molecule has 0 aliphatic carbocycles. The summed E-state index contributed by atoms with van der Waals surface area (Å²) in [5.41, 5.74) is 12.1. The summed E-state index contributed by atoms with van der Waals surface area (Å²) in [6.07, 6.45) is 5.93. The second kappa shape index (κ2) is 8.03. The van der Waals surface area contributed by atoms with Gasteiger partial charge in [-0.25, -0.2) is 4.98 Å². The Labute approximate surface area is 162 Å². The van der Waals surface area contributed by atoms with E-state index in [1.54, 1.807) is 17.2 Å². The van der Waals surface area contributed by atoms with Gasteiger partial charge in [-0.05, 0) is 36.5 Å². The monoisotopic (exact) mass is 382 g/mol. The molecule has 3 heterocycles. The highest BCUT2D eigenvalue weighted by Gasteiger charge is 2.34. The van der Waals surface area contributed by atoms with Crippen LogP contribution >= 0.6 is 0 Å². The number of aromatic nitrogens is 2. The first kappa shape index (κ1) is 19.3. The summed E-state index contributed by atoms with van der Waals surface area (Å²) in [5.74, 6) is -1.46. The van der Waals surface area contributed by atoms with Crippen molar-refractivity contribution < 1.29 is 14.4 Å². The molecule has 28 heavy (non-hydrogen) atoms. The lowest BCUT2D eigenvalue weighted by Gasteiger charge is -2.38. The van der Waals surface area contributed by atoms with E-state index in [-0.39, 0.29) is 23.2 Å². The molecular weight excluding hydrogens is 360 g/mol. The second-order valence-electron chi connectivity index (χ2n) is 6.95. The van der Waals surface area contributed by atoms with Crippen LogP contribution in [0.1, 0.15) is 41.7 Å². The number of carbonyl (C=O) groups excluding carboxylic acids is 3. The Hall–Kier alpha value is -3.49. The van der Waals surface area contributed by atoms with E-state index in [1.807, 2.05) is 13.0 Å². The summed E-state index contributed by atoms with van der Waals surface area (Å²) in [4.78, 5) is 46.2. The third kappa shape index (κ3) is 4.25. The molecule has 9 heteroatoms. The summed E-state index contributed by atoms with van der Waals surface area (Å²) in [5, 5.41) is 2.49. The molecule has 0 saturated carbocycles. The van der Waals surface area contributed by atoms with Gasteiger partial charge < -0.3 is 21.7 Å². The van der Waals surface area contributed by atoms with Crippen molar-refractivity contribution in [2.45, 2.75) is 25.8 Å². The number of anilines is 2. The normalized spacial score (nSPS) is 19.1. The van der Waals surface area contributed by atoms with Crippen molar-refractivity contribution in [3.05, 3.63) is 47.9 Å².